The molecule has 0 aromatic carbocycles. The summed E-state index contributed by atoms with van der Waals surface area (Å²) >= 11 is 0. The van der Waals surface area contributed by atoms with Crippen LogP contribution in [0.15, 0.2) is 0 Å². The quantitative estimate of drug-likeness (QED) is 0.606. The van der Waals surface area contributed by atoms with Crippen molar-refractivity contribution in [2.24, 2.45) is 5.92 Å². The topological polar surface area (TPSA) is 23.5 Å². The molecular formula is C8H17NO. The Hall–Kier alpha value is -0.0800. The third-order valence-corrected chi connectivity index (χ3v) is 2.29. The van der Waals surface area contributed by atoms with Crippen LogP contribution < -0.4 is 0 Å². The number of piperidine rings is 1. The van der Waals surface area contributed by atoms with Gasteiger partial charge in [-0.25, -0.2) is 0 Å². The Morgan fingerprint density at radius 1 is 1.40 bits per heavy atom. The lowest BCUT2D eigenvalue weighted by atomic mass is 9.95. The highest BCUT2D eigenvalue weighted by Crippen LogP contribution is 2.20. The third kappa shape index (κ3) is 1.70. The summed E-state index contributed by atoms with van der Waals surface area (Å²) in [6, 6.07) is 0.411. The fourth-order valence-electron chi connectivity index (χ4n) is 1.62. The van der Waals surface area contributed by atoms with E-state index >= 15 is 0 Å². The Labute approximate surface area is 62.8 Å². The maximum atomic E-state index is 9.37. The van der Waals surface area contributed by atoms with Crippen LogP contribution in [0.2, 0.25) is 0 Å². The van der Waals surface area contributed by atoms with Crippen LogP contribution >= 0.6 is 0 Å². The lowest BCUT2D eigenvalue weighted by molar-refractivity contribution is -0.153. The van der Waals surface area contributed by atoms with E-state index in [0.29, 0.717) is 12.0 Å². The van der Waals surface area contributed by atoms with E-state index in [1.54, 1.807) is 0 Å². The summed E-state index contributed by atoms with van der Waals surface area (Å²) in [5.74, 6) is 0.588. The highest BCUT2D eigenvalue weighted by atomic mass is 16.5. The summed E-state index contributed by atoms with van der Waals surface area (Å²) in [4.78, 5) is 0. The molecule has 2 heteroatoms. The van der Waals surface area contributed by atoms with E-state index in [2.05, 4.69) is 13.8 Å². The molecule has 0 aromatic heterocycles. The molecule has 1 aliphatic rings. The Balaban J connectivity index is 2.40. The van der Waals surface area contributed by atoms with Gasteiger partial charge < -0.3 is 5.21 Å². The predicted octanol–water partition coefficient (Wildman–Crippen LogP) is 1.89. The summed E-state index contributed by atoms with van der Waals surface area (Å²) < 4.78 is 0. The standard InChI is InChI=1S/C8H17NO/c1-7(2)8-5-3-4-6-9(8)10/h7-8,10H,3-6H2,1-2H3. The zero-order chi connectivity index (χ0) is 7.56. The van der Waals surface area contributed by atoms with Gasteiger partial charge in [0.1, 0.15) is 0 Å². The van der Waals surface area contributed by atoms with Crippen molar-refractivity contribution in [3.05, 3.63) is 0 Å². The van der Waals surface area contributed by atoms with Gasteiger partial charge in [-0.05, 0) is 18.8 Å². The van der Waals surface area contributed by atoms with E-state index in [9.17, 15) is 5.21 Å². The van der Waals surface area contributed by atoms with Crippen LogP contribution in [0.4, 0.5) is 0 Å². The first-order valence-electron chi connectivity index (χ1n) is 4.17. The summed E-state index contributed by atoms with van der Waals surface area (Å²) in [5.41, 5.74) is 0. The van der Waals surface area contributed by atoms with Crippen LogP contribution in [0.1, 0.15) is 33.1 Å². The molecule has 0 saturated carbocycles. The van der Waals surface area contributed by atoms with E-state index in [1.165, 1.54) is 11.5 Å². The van der Waals surface area contributed by atoms with Crippen LogP contribution in [-0.4, -0.2) is 22.9 Å². The van der Waals surface area contributed by atoms with E-state index in [4.69, 9.17) is 0 Å². The molecule has 1 atom stereocenters. The third-order valence-electron chi connectivity index (χ3n) is 2.29. The molecule has 60 valence electrons. The molecule has 10 heavy (non-hydrogen) atoms. The van der Waals surface area contributed by atoms with Crippen molar-refractivity contribution < 1.29 is 5.21 Å². The maximum Gasteiger partial charge on any atom is 0.0373 e. The van der Waals surface area contributed by atoms with Gasteiger partial charge in [0.2, 0.25) is 0 Å². The molecule has 0 aromatic rings. The number of hydroxylamine groups is 2. The zero-order valence-electron chi connectivity index (χ0n) is 6.88. The lowest BCUT2D eigenvalue weighted by Gasteiger charge is -2.33. The molecule has 1 N–H and O–H groups in total. The van der Waals surface area contributed by atoms with Gasteiger partial charge in [-0.1, -0.05) is 20.3 Å². The molecule has 0 bridgehead atoms. The summed E-state index contributed by atoms with van der Waals surface area (Å²) in [6.45, 7) is 5.20. The van der Waals surface area contributed by atoms with Crippen LogP contribution in [0.3, 0.4) is 0 Å². The SMILES string of the molecule is CC(C)C1CCCCN1O. The second-order valence-electron chi connectivity index (χ2n) is 3.47. The second kappa shape index (κ2) is 3.35. The Morgan fingerprint density at radius 3 is 2.50 bits per heavy atom. The van der Waals surface area contributed by atoms with Crippen molar-refractivity contribution in [1.29, 1.82) is 0 Å². The smallest absolute Gasteiger partial charge is 0.0373 e. The first kappa shape index (κ1) is 8.02. The number of hydrogen-bond donors (Lipinski definition) is 1. The fraction of sp³-hybridized carbons (Fsp3) is 1.00. The summed E-state index contributed by atoms with van der Waals surface area (Å²) in [7, 11) is 0. The van der Waals surface area contributed by atoms with Gasteiger partial charge in [-0.3, -0.25) is 0 Å². The Kier molecular flexibility index (Phi) is 2.69. The molecule has 1 aliphatic heterocycles. The largest absolute Gasteiger partial charge is 0.314 e. The zero-order valence-corrected chi connectivity index (χ0v) is 6.88. The normalized spacial score (nSPS) is 29.4. The second-order valence-corrected chi connectivity index (χ2v) is 3.47. The van der Waals surface area contributed by atoms with Crippen molar-refractivity contribution in [2.75, 3.05) is 6.54 Å². The average molecular weight is 143 g/mol. The van der Waals surface area contributed by atoms with E-state index < -0.39 is 0 Å². The van der Waals surface area contributed by atoms with Crippen LogP contribution in [0, 0.1) is 5.92 Å². The molecular weight excluding hydrogens is 126 g/mol. The van der Waals surface area contributed by atoms with Gasteiger partial charge >= 0.3 is 0 Å². The lowest BCUT2D eigenvalue weighted by Crippen LogP contribution is -2.40. The minimum atomic E-state index is 0.411. The Bertz CT molecular complexity index is 103. The van der Waals surface area contributed by atoms with Gasteiger partial charge in [0.15, 0.2) is 0 Å². The van der Waals surface area contributed by atoms with Crippen LogP contribution in [0.5, 0.6) is 0 Å². The summed E-state index contributed by atoms with van der Waals surface area (Å²) in [6.07, 6.45) is 3.59. The molecule has 1 heterocycles. The van der Waals surface area contributed by atoms with E-state index in [0.717, 1.165) is 19.4 Å². The molecule has 0 amide bonds. The monoisotopic (exact) mass is 143 g/mol. The number of nitrogens with zero attached hydrogens (tertiary/aromatic N) is 1. The van der Waals surface area contributed by atoms with Crippen molar-refractivity contribution in [3.63, 3.8) is 0 Å². The Morgan fingerprint density at radius 2 is 2.10 bits per heavy atom. The molecule has 0 radical (unpaired) electrons. The fourth-order valence-corrected chi connectivity index (χ4v) is 1.62. The van der Waals surface area contributed by atoms with Gasteiger partial charge in [-0.2, -0.15) is 5.06 Å². The first-order valence-corrected chi connectivity index (χ1v) is 4.17. The average Bonchev–Trinajstić information content (AvgIpc) is 1.88. The summed E-state index contributed by atoms with van der Waals surface area (Å²) in [5, 5.41) is 10.9. The minimum Gasteiger partial charge on any atom is -0.314 e. The van der Waals surface area contributed by atoms with Gasteiger partial charge in [0.05, 0.1) is 0 Å². The minimum absolute atomic E-state index is 0.411. The number of rotatable bonds is 1. The molecule has 0 aliphatic carbocycles. The highest BCUT2D eigenvalue weighted by Gasteiger charge is 2.22. The maximum absolute atomic E-state index is 9.37. The molecule has 1 unspecified atom stereocenters. The van der Waals surface area contributed by atoms with Gasteiger partial charge in [0, 0.05) is 12.6 Å². The van der Waals surface area contributed by atoms with Gasteiger partial charge in [0.25, 0.3) is 0 Å². The number of hydrogen-bond acceptors (Lipinski definition) is 2. The van der Waals surface area contributed by atoms with Crippen molar-refractivity contribution in [3.8, 4) is 0 Å². The van der Waals surface area contributed by atoms with Crippen LogP contribution in [-0.2, 0) is 0 Å². The molecule has 1 saturated heterocycles. The first-order chi connectivity index (χ1) is 4.72. The van der Waals surface area contributed by atoms with Gasteiger partial charge in [-0.15, -0.1) is 0 Å². The van der Waals surface area contributed by atoms with E-state index in [-0.39, 0.29) is 0 Å². The molecule has 0 spiro atoms. The molecule has 1 fully saturated rings. The van der Waals surface area contributed by atoms with Crippen LogP contribution in [0.25, 0.3) is 0 Å². The molecule has 2 nitrogen and oxygen atoms in total. The predicted molar refractivity (Wildman–Crippen MR) is 41.0 cm³/mol. The van der Waals surface area contributed by atoms with E-state index in [1.807, 2.05) is 0 Å². The van der Waals surface area contributed by atoms with Crippen molar-refractivity contribution in [2.45, 2.75) is 39.2 Å². The van der Waals surface area contributed by atoms with Crippen molar-refractivity contribution in [1.82, 2.24) is 5.06 Å². The molecule has 1 rings (SSSR count). The highest BCUT2D eigenvalue weighted by molar-refractivity contribution is 4.73. The van der Waals surface area contributed by atoms with Crippen molar-refractivity contribution >= 4 is 0 Å².